The summed E-state index contributed by atoms with van der Waals surface area (Å²) in [5, 5.41) is 0. The van der Waals surface area contributed by atoms with E-state index in [0.717, 1.165) is 23.1 Å². The largest absolute Gasteiger partial charge is 0.296 e. The normalized spacial score (nSPS) is 16.9. The lowest BCUT2D eigenvalue weighted by molar-refractivity contribution is 0.0895. The summed E-state index contributed by atoms with van der Waals surface area (Å²) < 4.78 is 1.00. The van der Waals surface area contributed by atoms with Gasteiger partial charge in [0.1, 0.15) is 0 Å². The smallest absolute Gasteiger partial charge is 0.164 e. The number of benzene rings is 2. The van der Waals surface area contributed by atoms with Gasteiger partial charge in [-0.1, -0.05) is 64.8 Å². The minimum absolute atomic E-state index is 0.188. The van der Waals surface area contributed by atoms with Crippen molar-refractivity contribution in [3.63, 3.8) is 0 Å². The van der Waals surface area contributed by atoms with Gasteiger partial charge in [-0.15, -0.1) is 0 Å². The highest BCUT2D eigenvalue weighted by molar-refractivity contribution is 9.10. The Bertz CT molecular complexity index is 632. The van der Waals surface area contributed by atoms with Gasteiger partial charge in [0.2, 0.25) is 0 Å². The van der Waals surface area contributed by atoms with Crippen LogP contribution >= 0.6 is 15.9 Å². The summed E-state index contributed by atoms with van der Waals surface area (Å²) in [7, 11) is 0. The van der Waals surface area contributed by atoms with E-state index >= 15 is 0 Å². The fraction of sp³-hybridized carbons (Fsp3) is 0.350. The van der Waals surface area contributed by atoms with Crippen LogP contribution < -0.4 is 0 Å². The average molecular weight is 372 g/mol. The van der Waals surface area contributed by atoms with E-state index in [-0.39, 0.29) is 11.8 Å². The molecule has 1 fully saturated rings. The third-order valence-electron chi connectivity index (χ3n) is 4.56. The van der Waals surface area contributed by atoms with Crippen molar-refractivity contribution in [2.24, 2.45) is 0 Å². The van der Waals surface area contributed by atoms with E-state index in [1.165, 1.54) is 24.8 Å². The number of Topliss-reactive ketones (excluding diaryl/α,β-unsaturated/α-hetero) is 1. The van der Waals surface area contributed by atoms with E-state index in [4.69, 9.17) is 0 Å². The maximum Gasteiger partial charge on any atom is 0.164 e. The van der Waals surface area contributed by atoms with Gasteiger partial charge in [-0.3, -0.25) is 9.69 Å². The highest BCUT2D eigenvalue weighted by atomic mass is 79.9. The summed E-state index contributed by atoms with van der Waals surface area (Å²) in [6, 6.07) is 18.3. The summed E-state index contributed by atoms with van der Waals surface area (Å²) in [5.74, 6) is 0.219. The Labute approximate surface area is 146 Å². The molecule has 3 heteroatoms. The van der Waals surface area contributed by atoms with Crippen LogP contribution in [0, 0.1) is 0 Å². The average Bonchev–Trinajstić information content (AvgIpc) is 2.61. The van der Waals surface area contributed by atoms with Gasteiger partial charge in [0.25, 0.3) is 0 Å². The molecular formula is C20H22BrNO. The lowest BCUT2D eigenvalue weighted by atomic mass is 9.95. The maximum atomic E-state index is 12.7. The number of carbonyl (C=O) groups excluding carboxylic acids is 1. The molecular weight excluding hydrogens is 350 g/mol. The molecule has 2 aromatic rings. The first kappa shape index (κ1) is 16.4. The van der Waals surface area contributed by atoms with Gasteiger partial charge in [0.15, 0.2) is 5.78 Å². The summed E-state index contributed by atoms with van der Waals surface area (Å²) >= 11 is 3.43. The van der Waals surface area contributed by atoms with Crippen molar-refractivity contribution in [1.82, 2.24) is 4.90 Å². The second kappa shape index (κ2) is 7.89. The Morgan fingerprint density at radius 1 is 0.957 bits per heavy atom. The minimum Gasteiger partial charge on any atom is -0.296 e. The van der Waals surface area contributed by atoms with Crippen LogP contribution in [0.4, 0.5) is 0 Å². The first-order valence-electron chi connectivity index (χ1n) is 8.32. The van der Waals surface area contributed by atoms with Gasteiger partial charge in [0, 0.05) is 22.5 Å². The van der Waals surface area contributed by atoms with Crippen LogP contribution in [-0.4, -0.2) is 23.8 Å². The van der Waals surface area contributed by atoms with Gasteiger partial charge < -0.3 is 0 Å². The predicted octanol–water partition coefficient (Wildman–Crippen LogP) is 5.25. The molecule has 2 nitrogen and oxygen atoms in total. The zero-order valence-corrected chi connectivity index (χ0v) is 14.8. The number of piperidine rings is 1. The highest BCUT2D eigenvalue weighted by Crippen LogP contribution is 2.29. The summed E-state index contributed by atoms with van der Waals surface area (Å²) in [4.78, 5) is 15.2. The maximum absolute atomic E-state index is 12.7. The molecule has 1 heterocycles. The lowest BCUT2D eigenvalue weighted by Gasteiger charge is -2.34. The molecule has 1 atom stereocenters. The summed E-state index contributed by atoms with van der Waals surface area (Å²) in [6.07, 6.45) is 4.32. The number of hydrogen-bond donors (Lipinski definition) is 0. The molecule has 0 saturated carbocycles. The molecule has 0 bridgehead atoms. The molecule has 3 rings (SSSR count). The number of likely N-dealkylation sites (tertiary alicyclic amines) is 1. The van der Waals surface area contributed by atoms with Gasteiger partial charge in [0.05, 0.1) is 0 Å². The molecule has 0 radical (unpaired) electrons. The monoisotopic (exact) mass is 371 g/mol. The first-order valence-corrected chi connectivity index (χ1v) is 9.11. The van der Waals surface area contributed by atoms with Crippen molar-refractivity contribution in [2.45, 2.75) is 31.7 Å². The first-order chi connectivity index (χ1) is 11.2. The van der Waals surface area contributed by atoms with Crippen LogP contribution in [0.3, 0.4) is 0 Å². The molecule has 1 aliphatic rings. The number of ketones is 1. The Kier molecular flexibility index (Phi) is 5.63. The molecule has 0 amide bonds. The molecule has 2 aromatic carbocycles. The molecule has 0 unspecified atom stereocenters. The Morgan fingerprint density at radius 3 is 2.26 bits per heavy atom. The molecule has 0 aromatic heterocycles. The van der Waals surface area contributed by atoms with Crippen LogP contribution in [0.2, 0.25) is 0 Å². The van der Waals surface area contributed by atoms with E-state index in [9.17, 15) is 4.79 Å². The molecule has 1 saturated heterocycles. The van der Waals surface area contributed by atoms with Gasteiger partial charge in [-0.2, -0.15) is 0 Å². The molecule has 0 aliphatic carbocycles. The lowest BCUT2D eigenvalue weighted by Crippen LogP contribution is -2.35. The van der Waals surface area contributed by atoms with Crippen molar-refractivity contribution in [3.05, 3.63) is 70.2 Å². The fourth-order valence-corrected chi connectivity index (χ4v) is 3.56. The van der Waals surface area contributed by atoms with E-state index in [1.54, 1.807) is 0 Å². The minimum atomic E-state index is 0.188. The van der Waals surface area contributed by atoms with Crippen LogP contribution in [0.25, 0.3) is 0 Å². The number of rotatable bonds is 5. The Hall–Kier alpha value is -1.45. The van der Waals surface area contributed by atoms with E-state index < -0.39 is 0 Å². The standard InChI is InChI=1S/C20H22BrNO/c21-18-11-9-17(10-12-18)20(23)15-19(16-7-3-1-4-8-16)22-13-5-2-6-14-22/h1,3-4,7-12,19H,2,5-6,13-15H2/t19-/m1/s1. The van der Waals surface area contributed by atoms with Crippen molar-refractivity contribution in [1.29, 1.82) is 0 Å². The molecule has 120 valence electrons. The van der Waals surface area contributed by atoms with Crippen molar-refractivity contribution in [2.75, 3.05) is 13.1 Å². The van der Waals surface area contributed by atoms with Gasteiger partial charge in [-0.25, -0.2) is 0 Å². The molecule has 0 spiro atoms. The Balaban J connectivity index is 1.80. The van der Waals surface area contributed by atoms with Crippen LogP contribution in [0.5, 0.6) is 0 Å². The van der Waals surface area contributed by atoms with Gasteiger partial charge in [-0.05, 0) is 43.6 Å². The number of nitrogens with zero attached hydrogens (tertiary/aromatic N) is 1. The second-order valence-corrected chi connectivity index (χ2v) is 7.07. The third kappa shape index (κ3) is 4.30. The third-order valence-corrected chi connectivity index (χ3v) is 5.09. The van der Waals surface area contributed by atoms with Gasteiger partial charge >= 0.3 is 0 Å². The highest BCUT2D eigenvalue weighted by Gasteiger charge is 2.25. The number of carbonyl (C=O) groups is 1. The van der Waals surface area contributed by atoms with Crippen LogP contribution in [0.1, 0.15) is 47.6 Å². The topological polar surface area (TPSA) is 20.3 Å². The van der Waals surface area contributed by atoms with E-state index in [2.05, 4.69) is 45.1 Å². The Morgan fingerprint density at radius 2 is 1.61 bits per heavy atom. The molecule has 0 N–H and O–H groups in total. The van der Waals surface area contributed by atoms with Crippen molar-refractivity contribution in [3.8, 4) is 0 Å². The summed E-state index contributed by atoms with van der Waals surface area (Å²) in [5.41, 5.74) is 2.05. The fourth-order valence-electron chi connectivity index (χ4n) is 3.29. The molecule has 1 aliphatic heterocycles. The quantitative estimate of drug-likeness (QED) is 0.669. The zero-order chi connectivity index (χ0) is 16.1. The van der Waals surface area contributed by atoms with Crippen molar-refractivity contribution < 1.29 is 4.79 Å². The number of halogens is 1. The second-order valence-electron chi connectivity index (χ2n) is 6.16. The van der Waals surface area contributed by atoms with E-state index in [1.807, 2.05) is 30.3 Å². The van der Waals surface area contributed by atoms with E-state index in [0.29, 0.717) is 6.42 Å². The zero-order valence-electron chi connectivity index (χ0n) is 13.2. The molecule has 23 heavy (non-hydrogen) atoms. The summed E-state index contributed by atoms with van der Waals surface area (Å²) in [6.45, 7) is 2.18. The predicted molar refractivity (Wildman–Crippen MR) is 97.7 cm³/mol. The van der Waals surface area contributed by atoms with Crippen LogP contribution in [0.15, 0.2) is 59.1 Å². The van der Waals surface area contributed by atoms with Crippen molar-refractivity contribution >= 4 is 21.7 Å². The van der Waals surface area contributed by atoms with Crippen LogP contribution in [-0.2, 0) is 0 Å². The number of hydrogen-bond acceptors (Lipinski definition) is 2. The SMILES string of the molecule is O=C(C[C@H](c1ccccc1)N1CCCCC1)c1ccc(Br)cc1.